The highest BCUT2D eigenvalue weighted by atomic mass is 19.4. The minimum atomic E-state index is -4.67. The number of carbonyl (C=O) groups excluding carboxylic acids is 2. The molecule has 1 aliphatic heterocycles. The van der Waals surface area contributed by atoms with Crippen LogP contribution in [0.1, 0.15) is 6.92 Å². The Morgan fingerprint density at radius 2 is 2.00 bits per heavy atom. The number of carbonyl (C=O) groups is 2. The van der Waals surface area contributed by atoms with Crippen molar-refractivity contribution in [2.75, 3.05) is 49.6 Å². The number of halogens is 5. The van der Waals surface area contributed by atoms with E-state index in [1.54, 1.807) is 13.1 Å². The molecule has 1 saturated heterocycles. The number of cyclic esters (lactones) is 1. The smallest absolute Gasteiger partial charge is 0.424 e. The molecule has 36 heavy (non-hydrogen) atoms. The van der Waals surface area contributed by atoms with Gasteiger partial charge in [0.1, 0.15) is 11.8 Å². The molecule has 2 aromatic rings. The van der Waals surface area contributed by atoms with Gasteiger partial charge in [0, 0.05) is 45.0 Å². The number of nitrogens with zero attached hydrogens (tertiary/aromatic N) is 6. The van der Waals surface area contributed by atoms with Crippen LogP contribution < -0.4 is 15.2 Å². The zero-order valence-corrected chi connectivity index (χ0v) is 19.3. The van der Waals surface area contributed by atoms with Gasteiger partial charge in [0.15, 0.2) is 18.2 Å². The molecule has 0 bridgehead atoms. The van der Waals surface area contributed by atoms with Crippen LogP contribution in [0.3, 0.4) is 0 Å². The molecule has 1 aromatic heterocycles. The Morgan fingerprint density at radius 1 is 1.31 bits per heavy atom. The lowest BCUT2D eigenvalue weighted by Crippen LogP contribution is -2.44. The summed E-state index contributed by atoms with van der Waals surface area (Å²) in [6.45, 7) is 0.285. The van der Waals surface area contributed by atoms with Gasteiger partial charge >= 0.3 is 18.4 Å². The Bertz CT molecular complexity index is 1030. The van der Waals surface area contributed by atoms with E-state index < -0.39 is 42.7 Å². The van der Waals surface area contributed by atoms with Crippen LogP contribution in [0, 0.1) is 11.6 Å². The molecule has 3 rings (SSSR count). The fourth-order valence-electron chi connectivity index (χ4n) is 3.46. The van der Waals surface area contributed by atoms with Crippen LogP contribution in [0.15, 0.2) is 24.5 Å². The molecule has 0 radical (unpaired) electrons. The van der Waals surface area contributed by atoms with Crippen molar-refractivity contribution in [1.82, 2.24) is 25.4 Å². The van der Waals surface area contributed by atoms with E-state index in [9.17, 15) is 31.5 Å². The number of alkyl halides is 3. The summed E-state index contributed by atoms with van der Waals surface area (Å²) in [5.41, 5.74) is 2.11. The van der Waals surface area contributed by atoms with E-state index in [4.69, 9.17) is 4.74 Å². The monoisotopic (exact) mass is 521 g/mol. The fraction of sp³-hybridized carbons (Fsp3) is 0.500. The number of nitrogens with one attached hydrogen (secondary N) is 1. The highest BCUT2D eigenvalue weighted by molar-refractivity contribution is 5.90. The number of likely N-dealkylation sites (N-methyl/N-ethyl adjacent to an activating group) is 1. The van der Waals surface area contributed by atoms with Gasteiger partial charge in [0.05, 0.1) is 25.0 Å². The summed E-state index contributed by atoms with van der Waals surface area (Å²) in [7, 11) is 1.15. The minimum Gasteiger partial charge on any atom is -0.442 e. The van der Waals surface area contributed by atoms with Crippen molar-refractivity contribution in [1.29, 1.82) is 0 Å². The molecule has 0 saturated carbocycles. The van der Waals surface area contributed by atoms with Crippen LogP contribution >= 0.6 is 0 Å². The van der Waals surface area contributed by atoms with Gasteiger partial charge in [-0.3, -0.25) is 4.90 Å². The van der Waals surface area contributed by atoms with E-state index in [0.29, 0.717) is 5.01 Å². The van der Waals surface area contributed by atoms with Gasteiger partial charge in [-0.2, -0.15) is 13.2 Å². The number of hydrogen-bond donors (Lipinski definition) is 1. The standard InChI is InChI=1S/C20H24F5N7O4/c1-3-30(6-5-27-29(2)18(33)35-12-20(23,24)25)17-15(21)8-13(9-16(17)22)32-11-14(36-19(32)34)10-31-7-4-26-28-31/h4,7-9,14,27H,3,5-6,10-12H2,1-2H3/t14-/m0/s1. The van der Waals surface area contributed by atoms with Crippen molar-refractivity contribution in [2.24, 2.45) is 0 Å². The summed E-state index contributed by atoms with van der Waals surface area (Å²) in [6, 6.07) is 2.02. The minimum absolute atomic E-state index is 0.00763. The number of amides is 2. The van der Waals surface area contributed by atoms with Gasteiger partial charge in [0.25, 0.3) is 0 Å². The van der Waals surface area contributed by atoms with E-state index in [0.717, 1.165) is 24.1 Å². The second kappa shape index (κ2) is 11.4. The van der Waals surface area contributed by atoms with Crippen molar-refractivity contribution < 1.29 is 41.0 Å². The Morgan fingerprint density at radius 3 is 2.58 bits per heavy atom. The second-order valence-electron chi connectivity index (χ2n) is 7.72. The Labute approximate surface area is 202 Å². The van der Waals surface area contributed by atoms with E-state index >= 15 is 0 Å². The van der Waals surface area contributed by atoms with Crippen LogP contribution in [0.5, 0.6) is 0 Å². The van der Waals surface area contributed by atoms with E-state index in [-0.39, 0.29) is 44.1 Å². The molecule has 1 N–H and O–H groups in total. The summed E-state index contributed by atoms with van der Waals surface area (Å²) in [5.74, 6) is -1.87. The van der Waals surface area contributed by atoms with Gasteiger partial charge in [-0.1, -0.05) is 5.21 Å². The predicted octanol–water partition coefficient (Wildman–Crippen LogP) is 2.54. The van der Waals surface area contributed by atoms with Crippen LogP contribution in [0.4, 0.5) is 42.9 Å². The molecule has 1 aromatic carbocycles. The van der Waals surface area contributed by atoms with Crippen molar-refractivity contribution in [3.05, 3.63) is 36.2 Å². The number of aromatic nitrogens is 3. The van der Waals surface area contributed by atoms with Crippen molar-refractivity contribution in [3.8, 4) is 0 Å². The van der Waals surface area contributed by atoms with Crippen LogP contribution in [0.25, 0.3) is 0 Å². The first-order valence-corrected chi connectivity index (χ1v) is 10.8. The molecule has 1 atom stereocenters. The second-order valence-corrected chi connectivity index (χ2v) is 7.72. The summed E-state index contributed by atoms with van der Waals surface area (Å²) < 4.78 is 77.2. The first-order chi connectivity index (χ1) is 17.0. The van der Waals surface area contributed by atoms with E-state index in [1.165, 1.54) is 15.8 Å². The maximum absolute atomic E-state index is 15.0. The molecule has 0 spiro atoms. The van der Waals surface area contributed by atoms with E-state index in [1.807, 2.05) is 0 Å². The van der Waals surface area contributed by atoms with Gasteiger partial charge in [0.2, 0.25) is 0 Å². The van der Waals surface area contributed by atoms with Gasteiger partial charge in [-0.05, 0) is 6.92 Å². The van der Waals surface area contributed by atoms with Gasteiger partial charge < -0.3 is 14.4 Å². The number of benzene rings is 1. The van der Waals surface area contributed by atoms with Crippen LogP contribution in [0.2, 0.25) is 0 Å². The third-order valence-electron chi connectivity index (χ3n) is 5.11. The topological polar surface area (TPSA) is 105 Å². The van der Waals surface area contributed by atoms with E-state index in [2.05, 4.69) is 20.5 Å². The zero-order valence-electron chi connectivity index (χ0n) is 19.3. The molecule has 0 aliphatic carbocycles. The summed E-state index contributed by atoms with van der Waals surface area (Å²) in [4.78, 5) is 26.3. The number of anilines is 2. The largest absolute Gasteiger partial charge is 0.442 e. The third kappa shape index (κ3) is 6.93. The highest BCUT2D eigenvalue weighted by Crippen LogP contribution is 2.31. The first kappa shape index (κ1) is 26.9. The molecular formula is C20H24F5N7O4. The Balaban J connectivity index is 1.60. The lowest BCUT2D eigenvalue weighted by molar-refractivity contribution is -0.162. The normalized spacial score (nSPS) is 15.7. The Hall–Kier alpha value is -3.69. The molecule has 198 valence electrons. The lowest BCUT2D eigenvalue weighted by atomic mass is 10.2. The fourth-order valence-corrected chi connectivity index (χ4v) is 3.46. The van der Waals surface area contributed by atoms with Crippen LogP contribution in [-0.2, 0) is 16.0 Å². The van der Waals surface area contributed by atoms with Crippen molar-refractivity contribution in [3.63, 3.8) is 0 Å². The molecule has 2 amide bonds. The van der Waals surface area contributed by atoms with Crippen LogP contribution in [-0.4, -0.2) is 84.3 Å². The molecule has 2 heterocycles. The molecule has 1 fully saturated rings. The predicted molar refractivity (Wildman–Crippen MR) is 115 cm³/mol. The number of rotatable bonds is 10. The average Bonchev–Trinajstić information content (AvgIpc) is 3.44. The SMILES string of the molecule is CCN(CCNN(C)C(=O)OCC(F)(F)F)c1c(F)cc(N2C[C@H](Cn3ccnn3)OC2=O)cc1F. The molecule has 1 aliphatic rings. The van der Waals surface area contributed by atoms with Gasteiger partial charge in [-0.15, -0.1) is 5.10 Å². The summed E-state index contributed by atoms with van der Waals surface area (Å²) >= 11 is 0. The average molecular weight is 521 g/mol. The Kier molecular flexibility index (Phi) is 8.49. The maximum atomic E-state index is 15.0. The summed E-state index contributed by atoms with van der Waals surface area (Å²) in [6.07, 6.45) is -4.24. The lowest BCUT2D eigenvalue weighted by Gasteiger charge is -2.26. The quantitative estimate of drug-likeness (QED) is 0.376. The number of hydrogen-bond acceptors (Lipinski definition) is 8. The molecule has 0 unspecified atom stereocenters. The summed E-state index contributed by atoms with van der Waals surface area (Å²) in [5, 5.41) is 8.14. The highest BCUT2D eigenvalue weighted by Gasteiger charge is 2.34. The molecular weight excluding hydrogens is 497 g/mol. The van der Waals surface area contributed by atoms with Crippen molar-refractivity contribution in [2.45, 2.75) is 25.7 Å². The maximum Gasteiger partial charge on any atom is 0.424 e. The van der Waals surface area contributed by atoms with Gasteiger partial charge in [-0.25, -0.2) is 33.5 Å². The van der Waals surface area contributed by atoms with Crippen molar-refractivity contribution >= 4 is 23.6 Å². The third-order valence-corrected chi connectivity index (χ3v) is 5.11. The molecule has 11 nitrogen and oxygen atoms in total. The zero-order chi connectivity index (χ0) is 26.5. The first-order valence-electron chi connectivity index (χ1n) is 10.8. The number of hydrazine groups is 1. The molecule has 16 heteroatoms. The number of ether oxygens (including phenoxy) is 2.